The first-order valence-corrected chi connectivity index (χ1v) is 5.23. The molecule has 1 aliphatic heterocycles. The fraction of sp³-hybridized carbons (Fsp3) is 0.900. The third kappa shape index (κ3) is 2.69. The van der Waals surface area contributed by atoms with Crippen molar-refractivity contribution in [3.8, 4) is 0 Å². The van der Waals surface area contributed by atoms with Crippen molar-refractivity contribution in [1.29, 1.82) is 0 Å². The molecule has 1 heterocycles. The average Bonchev–Trinajstić information content (AvgIpc) is 2.15. The maximum absolute atomic E-state index is 11.6. The lowest BCUT2D eigenvalue weighted by Crippen LogP contribution is -2.51. The molecule has 0 spiro atoms. The van der Waals surface area contributed by atoms with Crippen molar-refractivity contribution in [2.45, 2.75) is 31.8 Å². The highest BCUT2D eigenvalue weighted by Gasteiger charge is 2.25. The Morgan fingerprint density at radius 3 is 2.79 bits per heavy atom. The van der Waals surface area contributed by atoms with Crippen LogP contribution in [-0.2, 0) is 4.79 Å². The van der Waals surface area contributed by atoms with Gasteiger partial charge in [0.1, 0.15) is 0 Å². The summed E-state index contributed by atoms with van der Waals surface area (Å²) < 4.78 is 0. The number of piperidine rings is 1. The second-order valence-corrected chi connectivity index (χ2v) is 4.30. The van der Waals surface area contributed by atoms with Gasteiger partial charge in [0.25, 0.3) is 0 Å². The second-order valence-electron chi connectivity index (χ2n) is 4.30. The number of nitrogens with two attached hydrogens (primary N) is 1. The first kappa shape index (κ1) is 11.5. The molecule has 0 aromatic rings. The van der Waals surface area contributed by atoms with Crippen molar-refractivity contribution in [3.05, 3.63) is 0 Å². The summed E-state index contributed by atoms with van der Waals surface area (Å²) in [6.45, 7) is 3.84. The quantitative estimate of drug-likeness (QED) is 0.675. The fourth-order valence-corrected chi connectivity index (χ4v) is 1.96. The maximum atomic E-state index is 11.6. The molecule has 14 heavy (non-hydrogen) atoms. The Bertz CT molecular complexity index is 206. The molecule has 2 atom stereocenters. The zero-order valence-electron chi connectivity index (χ0n) is 9.36. The van der Waals surface area contributed by atoms with Crippen molar-refractivity contribution in [2.75, 3.05) is 27.2 Å². The summed E-state index contributed by atoms with van der Waals surface area (Å²) in [6, 6.07) is -0.0421. The molecule has 1 saturated heterocycles. The Hall–Kier alpha value is -0.610. The van der Waals surface area contributed by atoms with E-state index in [1.54, 1.807) is 11.8 Å². The lowest BCUT2D eigenvalue weighted by atomic mass is 10.0. The molecule has 0 radical (unpaired) electrons. The van der Waals surface area contributed by atoms with Crippen molar-refractivity contribution in [2.24, 2.45) is 5.73 Å². The maximum Gasteiger partial charge on any atom is 0.239 e. The molecule has 1 fully saturated rings. The molecule has 0 aliphatic carbocycles. The molecule has 0 aromatic carbocycles. The van der Waals surface area contributed by atoms with Gasteiger partial charge >= 0.3 is 0 Å². The summed E-state index contributed by atoms with van der Waals surface area (Å²) in [4.78, 5) is 15.7. The van der Waals surface area contributed by atoms with Gasteiger partial charge < -0.3 is 15.5 Å². The van der Waals surface area contributed by atoms with Crippen LogP contribution in [0.1, 0.15) is 19.8 Å². The standard InChI is InChI=1S/C10H21N3O/c1-8(11)10(14)13(3)9-5-4-6-12(2)7-9/h8-9H,4-7,11H2,1-3H3/t8?,9-/m0/s1. The normalized spacial score (nSPS) is 25.9. The lowest BCUT2D eigenvalue weighted by Gasteiger charge is -2.36. The molecule has 1 rings (SSSR count). The third-order valence-electron chi connectivity index (χ3n) is 2.88. The fourth-order valence-electron chi connectivity index (χ4n) is 1.96. The number of rotatable bonds is 2. The highest BCUT2D eigenvalue weighted by molar-refractivity contribution is 5.81. The molecular weight excluding hydrogens is 178 g/mol. The average molecular weight is 199 g/mol. The number of hydrogen-bond acceptors (Lipinski definition) is 3. The minimum Gasteiger partial charge on any atom is -0.340 e. The molecule has 4 heteroatoms. The van der Waals surface area contributed by atoms with Crippen LogP contribution in [0.2, 0.25) is 0 Å². The van der Waals surface area contributed by atoms with E-state index in [0.717, 1.165) is 25.9 Å². The van der Waals surface area contributed by atoms with Crippen LogP contribution in [0.25, 0.3) is 0 Å². The molecular formula is C10H21N3O. The van der Waals surface area contributed by atoms with Gasteiger partial charge in [-0.25, -0.2) is 0 Å². The van der Waals surface area contributed by atoms with Gasteiger partial charge in [-0.15, -0.1) is 0 Å². The second kappa shape index (κ2) is 4.75. The van der Waals surface area contributed by atoms with Crippen LogP contribution < -0.4 is 5.73 Å². The lowest BCUT2D eigenvalue weighted by molar-refractivity contribution is -0.133. The van der Waals surface area contributed by atoms with Gasteiger partial charge in [-0.1, -0.05) is 0 Å². The van der Waals surface area contributed by atoms with Crippen LogP contribution in [0.5, 0.6) is 0 Å². The first-order chi connectivity index (χ1) is 6.52. The minimum atomic E-state index is -0.382. The predicted molar refractivity (Wildman–Crippen MR) is 56.9 cm³/mol. The Labute approximate surface area is 86.0 Å². The molecule has 4 nitrogen and oxygen atoms in total. The number of carbonyl (C=O) groups is 1. The summed E-state index contributed by atoms with van der Waals surface area (Å²) in [7, 11) is 3.95. The van der Waals surface area contributed by atoms with E-state index in [-0.39, 0.29) is 11.9 Å². The minimum absolute atomic E-state index is 0.0466. The molecule has 0 bridgehead atoms. The molecule has 1 amide bonds. The number of nitrogens with zero attached hydrogens (tertiary/aromatic N) is 2. The Kier molecular flexibility index (Phi) is 3.89. The van der Waals surface area contributed by atoms with Gasteiger partial charge in [-0.2, -0.15) is 0 Å². The van der Waals surface area contributed by atoms with Crippen LogP contribution in [0, 0.1) is 0 Å². The van der Waals surface area contributed by atoms with E-state index in [4.69, 9.17) is 5.73 Å². The monoisotopic (exact) mass is 199 g/mol. The van der Waals surface area contributed by atoms with Crippen LogP contribution >= 0.6 is 0 Å². The van der Waals surface area contributed by atoms with Crippen LogP contribution in [0.15, 0.2) is 0 Å². The number of likely N-dealkylation sites (N-methyl/N-ethyl adjacent to an activating group) is 2. The Morgan fingerprint density at radius 1 is 1.64 bits per heavy atom. The molecule has 2 N–H and O–H groups in total. The number of likely N-dealkylation sites (tertiary alicyclic amines) is 1. The summed E-state index contributed by atoms with van der Waals surface area (Å²) in [5, 5.41) is 0. The zero-order chi connectivity index (χ0) is 10.7. The molecule has 0 aromatic heterocycles. The smallest absolute Gasteiger partial charge is 0.239 e. The van der Waals surface area contributed by atoms with Crippen molar-refractivity contribution >= 4 is 5.91 Å². The van der Waals surface area contributed by atoms with Gasteiger partial charge in [-0.05, 0) is 33.4 Å². The van der Waals surface area contributed by atoms with E-state index in [1.807, 2.05) is 7.05 Å². The molecule has 82 valence electrons. The van der Waals surface area contributed by atoms with Crippen molar-refractivity contribution < 1.29 is 4.79 Å². The zero-order valence-corrected chi connectivity index (χ0v) is 9.36. The molecule has 1 unspecified atom stereocenters. The van der Waals surface area contributed by atoms with Gasteiger partial charge in [0, 0.05) is 19.6 Å². The van der Waals surface area contributed by atoms with Crippen LogP contribution in [-0.4, -0.2) is 55.0 Å². The Balaban J connectivity index is 2.51. The van der Waals surface area contributed by atoms with E-state index >= 15 is 0 Å². The summed E-state index contributed by atoms with van der Waals surface area (Å²) in [5.74, 6) is 0.0466. The topological polar surface area (TPSA) is 49.6 Å². The van der Waals surface area contributed by atoms with E-state index in [9.17, 15) is 4.79 Å². The van der Waals surface area contributed by atoms with E-state index in [2.05, 4.69) is 11.9 Å². The molecule has 0 saturated carbocycles. The van der Waals surface area contributed by atoms with E-state index in [1.165, 1.54) is 0 Å². The van der Waals surface area contributed by atoms with Crippen molar-refractivity contribution in [3.63, 3.8) is 0 Å². The van der Waals surface area contributed by atoms with Crippen LogP contribution in [0.4, 0.5) is 0 Å². The highest BCUT2D eigenvalue weighted by Crippen LogP contribution is 2.13. The van der Waals surface area contributed by atoms with Gasteiger partial charge in [-0.3, -0.25) is 4.79 Å². The first-order valence-electron chi connectivity index (χ1n) is 5.23. The van der Waals surface area contributed by atoms with E-state index in [0.29, 0.717) is 6.04 Å². The summed E-state index contributed by atoms with van der Waals surface area (Å²) >= 11 is 0. The Morgan fingerprint density at radius 2 is 2.29 bits per heavy atom. The van der Waals surface area contributed by atoms with Gasteiger partial charge in [0.2, 0.25) is 5.91 Å². The van der Waals surface area contributed by atoms with E-state index < -0.39 is 0 Å². The predicted octanol–water partition coefficient (Wildman–Crippen LogP) is -0.114. The summed E-state index contributed by atoms with van der Waals surface area (Å²) in [6.07, 6.45) is 2.26. The van der Waals surface area contributed by atoms with Gasteiger partial charge in [0.15, 0.2) is 0 Å². The third-order valence-corrected chi connectivity index (χ3v) is 2.88. The summed E-state index contributed by atoms with van der Waals surface area (Å²) in [5.41, 5.74) is 5.57. The SMILES string of the molecule is CC(N)C(=O)N(C)[C@H]1CCCN(C)C1. The number of amides is 1. The van der Waals surface area contributed by atoms with Gasteiger partial charge in [0.05, 0.1) is 6.04 Å². The van der Waals surface area contributed by atoms with Crippen LogP contribution in [0.3, 0.4) is 0 Å². The number of hydrogen-bond donors (Lipinski definition) is 1. The highest BCUT2D eigenvalue weighted by atomic mass is 16.2. The largest absolute Gasteiger partial charge is 0.340 e. The van der Waals surface area contributed by atoms with Crippen molar-refractivity contribution in [1.82, 2.24) is 9.80 Å². The number of carbonyl (C=O) groups excluding carboxylic acids is 1. The molecule has 1 aliphatic rings.